The molecule has 0 aromatic heterocycles. The fourth-order valence-corrected chi connectivity index (χ4v) is 1.16. The van der Waals surface area contributed by atoms with E-state index in [-0.39, 0.29) is 0 Å². The molecule has 0 aromatic carbocycles. The molecule has 0 aromatic rings. The Balaban J connectivity index is 2.18. The molecule has 0 bridgehead atoms. The molecular weight excluding hydrogens is 124 g/mol. The summed E-state index contributed by atoms with van der Waals surface area (Å²) < 4.78 is 5.42. The van der Waals surface area contributed by atoms with Gasteiger partial charge in [-0.05, 0) is 24.8 Å². The summed E-state index contributed by atoms with van der Waals surface area (Å²) in [5, 5.41) is 0. The summed E-state index contributed by atoms with van der Waals surface area (Å²) in [6.07, 6.45) is 5.56. The van der Waals surface area contributed by atoms with E-state index in [9.17, 15) is 0 Å². The smallest absolute Gasteiger partial charge is 0.0679 e. The third-order valence-corrected chi connectivity index (χ3v) is 1.73. The average Bonchev–Trinajstić information content (AvgIpc) is 2.31. The van der Waals surface area contributed by atoms with Crippen LogP contribution < -0.4 is 0 Å². The summed E-state index contributed by atoms with van der Waals surface area (Å²) in [6, 6.07) is 0. The maximum absolute atomic E-state index is 5.42. The van der Waals surface area contributed by atoms with Crippen LogP contribution in [0.5, 0.6) is 0 Å². The molecule has 0 spiro atoms. The van der Waals surface area contributed by atoms with Crippen molar-refractivity contribution in [1.29, 1.82) is 0 Å². The second-order valence-electron chi connectivity index (χ2n) is 2.75. The Morgan fingerprint density at radius 2 is 2.50 bits per heavy atom. The maximum Gasteiger partial charge on any atom is 0.0679 e. The Kier molecular flexibility index (Phi) is 2.69. The molecule has 0 saturated carbocycles. The van der Waals surface area contributed by atoms with Gasteiger partial charge in [0, 0.05) is 0 Å². The van der Waals surface area contributed by atoms with Crippen molar-refractivity contribution in [1.82, 2.24) is 0 Å². The number of ether oxygens (including phenoxy) is 1. The van der Waals surface area contributed by atoms with Crippen LogP contribution in [0.25, 0.3) is 0 Å². The average molecular weight is 138 g/mol. The van der Waals surface area contributed by atoms with Crippen LogP contribution in [0.2, 0.25) is 0 Å². The molecule has 1 unspecified atom stereocenters. The van der Waals surface area contributed by atoms with Crippen molar-refractivity contribution >= 4 is 0 Å². The first-order valence-corrected chi connectivity index (χ1v) is 3.72. The predicted octanol–water partition coefficient (Wildman–Crippen LogP) is 2.30. The monoisotopic (exact) mass is 138 g/mol. The summed E-state index contributed by atoms with van der Waals surface area (Å²) in [6.45, 7) is 8.29. The van der Waals surface area contributed by atoms with Gasteiger partial charge in [0.05, 0.1) is 12.7 Å². The van der Waals surface area contributed by atoms with Crippen LogP contribution in [-0.2, 0) is 4.74 Å². The van der Waals surface area contributed by atoms with Crippen LogP contribution in [0.1, 0.15) is 19.3 Å². The van der Waals surface area contributed by atoms with Crippen molar-refractivity contribution in [3.63, 3.8) is 0 Å². The molecule has 1 fully saturated rings. The zero-order valence-electron chi connectivity index (χ0n) is 6.31. The van der Waals surface area contributed by atoms with E-state index in [4.69, 9.17) is 4.74 Å². The molecule has 10 heavy (non-hydrogen) atoms. The van der Waals surface area contributed by atoms with Crippen molar-refractivity contribution in [3.8, 4) is 0 Å². The Bertz CT molecular complexity index is 138. The van der Waals surface area contributed by atoms with Crippen molar-refractivity contribution in [2.24, 2.45) is 0 Å². The van der Waals surface area contributed by atoms with E-state index in [0.717, 1.165) is 25.9 Å². The van der Waals surface area contributed by atoms with E-state index in [1.807, 2.05) is 6.08 Å². The van der Waals surface area contributed by atoms with Crippen molar-refractivity contribution in [2.45, 2.75) is 25.4 Å². The van der Waals surface area contributed by atoms with E-state index in [0.29, 0.717) is 6.10 Å². The molecular formula is C9H14O. The van der Waals surface area contributed by atoms with Gasteiger partial charge in [0.25, 0.3) is 0 Å². The maximum atomic E-state index is 5.42. The van der Waals surface area contributed by atoms with Crippen LogP contribution in [0.15, 0.2) is 24.8 Å². The van der Waals surface area contributed by atoms with Gasteiger partial charge in [-0.2, -0.15) is 0 Å². The molecule has 1 aliphatic rings. The fraction of sp³-hybridized carbons (Fsp3) is 0.556. The Morgan fingerprint density at radius 3 is 3.00 bits per heavy atom. The van der Waals surface area contributed by atoms with Gasteiger partial charge in [-0.25, -0.2) is 0 Å². The Labute approximate surface area is 62.4 Å². The van der Waals surface area contributed by atoms with Crippen LogP contribution in [-0.4, -0.2) is 12.7 Å². The highest BCUT2D eigenvalue weighted by Crippen LogP contribution is 2.20. The van der Waals surface area contributed by atoms with Crippen molar-refractivity contribution < 1.29 is 4.74 Å². The minimum absolute atomic E-state index is 0.422. The summed E-state index contributed by atoms with van der Waals surface area (Å²) in [5.74, 6) is 0. The molecule has 0 radical (unpaired) electrons. The topological polar surface area (TPSA) is 9.23 Å². The van der Waals surface area contributed by atoms with Crippen LogP contribution in [0.3, 0.4) is 0 Å². The lowest BCUT2D eigenvalue weighted by atomic mass is 10.1. The highest BCUT2D eigenvalue weighted by Gasteiger charge is 2.16. The van der Waals surface area contributed by atoms with Crippen LogP contribution >= 0.6 is 0 Å². The van der Waals surface area contributed by atoms with Gasteiger partial charge < -0.3 is 4.74 Å². The van der Waals surface area contributed by atoms with Gasteiger partial charge in [0.2, 0.25) is 0 Å². The molecule has 1 rings (SSSR count). The van der Waals surface area contributed by atoms with E-state index in [1.54, 1.807) is 0 Å². The number of allylic oxidation sites excluding steroid dienone is 1. The van der Waals surface area contributed by atoms with Gasteiger partial charge in [0.15, 0.2) is 0 Å². The van der Waals surface area contributed by atoms with Gasteiger partial charge >= 0.3 is 0 Å². The zero-order chi connectivity index (χ0) is 7.40. The summed E-state index contributed by atoms with van der Waals surface area (Å²) in [5.41, 5.74) is 1.23. The Hall–Kier alpha value is -0.560. The first kappa shape index (κ1) is 7.55. The normalized spacial score (nSPS) is 25.2. The highest BCUT2D eigenvalue weighted by atomic mass is 16.5. The van der Waals surface area contributed by atoms with Gasteiger partial charge in [-0.15, -0.1) is 6.58 Å². The second kappa shape index (κ2) is 3.57. The molecule has 1 atom stereocenters. The SMILES string of the molecule is C=CCCC1CC(=C)CO1. The molecule has 1 heteroatoms. The first-order chi connectivity index (χ1) is 4.83. The standard InChI is InChI=1S/C9H14O/c1-3-4-5-9-6-8(2)7-10-9/h3,9H,1-2,4-7H2. The minimum Gasteiger partial charge on any atom is -0.374 e. The van der Waals surface area contributed by atoms with E-state index in [1.165, 1.54) is 5.57 Å². The molecule has 0 aliphatic carbocycles. The summed E-state index contributed by atoms with van der Waals surface area (Å²) in [7, 11) is 0. The summed E-state index contributed by atoms with van der Waals surface area (Å²) in [4.78, 5) is 0. The third-order valence-electron chi connectivity index (χ3n) is 1.73. The predicted molar refractivity (Wildman–Crippen MR) is 42.9 cm³/mol. The number of rotatable bonds is 3. The Morgan fingerprint density at radius 1 is 1.70 bits per heavy atom. The first-order valence-electron chi connectivity index (χ1n) is 3.72. The van der Waals surface area contributed by atoms with Crippen molar-refractivity contribution in [2.75, 3.05) is 6.61 Å². The molecule has 56 valence electrons. The van der Waals surface area contributed by atoms with E-state index in [2.05, 4.69) is 13.2 Å². The molecule has 0 amide bonds. The van der Waals surface area contributed by atoms with Crippen LogP contribution in [0.4, 0.5) is 0 Å². The zero-order valence-corrected chi connectivity index (χ0v) is 6.31. The van der Waals surface area contributed by atoms with E-state index >= 15 is 0 Å². The van der Waals surface area contributed by atoms with Gasteiger partial charge in [-0.3, -0.25) is 0 Å². The lowest BCUT2D eigenvalue weighted by Gasteiger charge is -2.04. The second-order valence-corrected chi connectivity index (χ2v) is 2.75. The van der Waals surface area contributed by atoms with Crippen molar-refractivity contribution in [3.05, 3.63) is 24.8 Å². The number of hydrogen-bond donors (Lipinski definition) is 0. The molecule has 1 heterocycles. The molecule has 1 nitrogen and oxygen atoms in total. The van der Waals surface area contributed by atoms with E-state index < -0.39 is 0 Å². The molecule has 1 aliphatic heterocycles. The molecule has 0 N–H and O–H groups in total. The lowest BCUT2D eigenvalue weighted by molar-refractivity contribution is 0.107. The fourth-order valence-electron chi connectivity index (χ4n) is 1.16. The highest BCUT2D eigenvalue weighted by molar-refractivity contribution is 5.01. The number of hydrogen-bond acceptors (Lipinski definition) is 1. The minimum atomic E-state index is 0.422. The van der Waals surface area contributed by atoms with Gasteiger partial charge in [-0.1, -0.05) is 12.7 Å². The summed E-state index contributed by atoms with van der Waals surface area (Å²) >= 11 is 0. The quantitative estimate of drug-likeness (QED) is 0.544. The lowest BCUT2D eigenvalue weighted by Crippen LogP contribution is -2.02. The largest absolute Gasteiger partial charge is 0.374 e. The molecule has 1 saturated heterocycles. The van der Waals surface area contributed by atoms with Gasteiger partial charge in [0.1, 0.15) is 0 Å². The third kappa shape index (κ3) is 1.99. The van der Waals surface area contributed by atoms with Crippen LogP contribution in [0, 0.1) is 0 Å².